The molecule has 0 saturated carbocycles. The van der Waals surface area contributed by atoms with Crippen molar-refractivity contribution in [3.8, 4) is 0 Å². The van der Waals surface area contributed by atoms with Gasteiger partial charge in [0, 0.05) is 32.2 Å². The first-order chi connectivity index (χ1) is 9.24. The lowest BCUT2D eigenvalue weighted by atomic mass is 10.0. The Balaban J connectivity index is 2.00. The summed E-state index contributed by atoms with van der Waals surface area (Å²) < 4.78 is 1.89. The van der Waals surface area contributed by atoms with E-state index in [4.69, 9.17) is 0 Å². The summed E-state index contributed by atoms with van der Waals surface area (Å²) in [5, 5.41) is 7.87. The van der Waals surface area contributed by atoms with Crippen LogP contribution in [0.2, 0.25) is 0 Å². The van der Waals surface area contributed by atoms with Crippen molar-refractivity contribution in [2.24, 2.45) is 7.05 Å². The Bertz CT molecular complexity index is 376. The average Bonchev–Trinajstić information content (AvgIpc) is 2.79. The summed E-state index contributed by atoms with van der Waals surface area (Å²) in [4.78, 5) is 6.95. The molecule has 0 spiro atoms. The third-order valence-corrected chi connectivity index (χ3v) is 4.02. The first kappa shape index (κ1) is 14.5. The molecular weight excluding hydrogens is 238 g/mol. The van der Waals surface area contributed by atoms with Gasteiger partial charge in [0.05, 0.1) is 6.54 Å². The quantitative estimate of drug-likeness (QED) is 0.848. The van der Waals surface area contributed by atoms with Gasteiger partial charge in [-0.3, -0.25) is 9.58 Å². The summed E-state index contributed by atoms with van der Waals surface area (Å²) in [5.74, 6) is 1.07. The van der Waals surface area contributed by atoms with Crippen molar-refractivity contribution in [2.45, 2.75) is 58.2 Å². The maximum atomic E-state index is 4.37. The molecule has 5 heteroatoms. The predicted molar refractivity (Wildman–Crippen MR) is 76.8 cm³/mol. The molecule has 2 rings (SSSR count). The monoisotopic (exact) mass is 265 g/mol. The molecule has 0 aromatic carbocycles. The molecule has 2 heterocycles. The van der Waals surface area contributed by atoms with Gasteiger partial charge in [-0.1, -0.05) is 26.7 Å². The van der Waals surface area contributed by atoms with Crippen LogP contribution < -0.4 is 5.32 Å². The van der Waals surface area contributed by atoms with Crippen LogP contribution in [0.1, 0.15) is 45.4 Å². The lowest BCUT2D eigenvalue weighted by molar-refractivity contribution is 0.107. The number of aromatic nitrogens is 3. The molecule has 2 atom stereocenters. The minimum Gasteiger partial charge on any atom is -0.311 e. The van der Waals surface area contributed by atoms with Gasteiger partial charge >= 0.3 is 0 Å². The zero-order chi connectivity index (χ0) is 13.7. The normalized spacial score (nSPS) is 24.8. The molecule has 1 aliphatic rings. The molecule has 1 N–H and O–H groups in total. The highest BCUT2D eigenvalue weighted by atomic mass is 15.3. The van der Waals surface area contributed by atoms with Crippen molar-refractivity contribution in [1.29, 1.82) is 0 Å². The van der Waals surface area contributed by atoms with E-state index in [1.54, 1.807) is 6.33 Å². The van der Waals surface area contributed by atoms with Crippen molar-refractivity contribution in [2.75, 3.05) is 13.1 Å². The van der Waals surface area contributed by atoms with E-state index in [9.17, 15) is 0 Å². The molecule has 1 fully saturated rings. The van der Waals surface area contributed by atoms with E-state index in [0.29, 0.717) is 12.1 Å². The Morgan fingerprint density at radius 2 is 2.11 bits per heavy atom. The lowest BCUT2D eigenvalue weighted by Crippen LogP contribution is -2.56. The van der Waals surface area contributed by atoms with Gasteiger partial charge in [-0.25, -0.2) is 4.98 Å². The molecule has 0 amide bonds. The maximum Gasteiger partial charge on any atom is 0.140 e. The molecule has 19 heavy (non-hydrogen) atoms. The predicted octanol–water partition coefficient (Wildman–Crippen LogP) is 1.56. The Kier molecular flexibility index (Phi) is 5.34. The van der Waals surface area contributed by atoms with Crippen molar-refractivity contribution < 1.29 is 0 Å². The van der Waals surface area contributed by atoms with Crippen LogP contribution in [0, 0.1) is 0 Å². The molecule has 0 radical (unpaired) electrons. The number of hydrogen-bond acceptors (Lipinski definition) is 4. The molecule has 5 nitrogen and oxygen atoms in total. The SMILES string of the molecule is CCCC1CN(Cc2ncnn2C)C(CCC)CN1. The Hall–Kier alpha value is -0.940. The van der Waals surface area contributed by atoms with Crippen LogP contribution in [0.25, 0.3) is 0 Å². The van der Waals surface area contributed by atoms with Crippen molar-refractivity contribution in [3.05, 3.63) is 12.2 Å². The van der Waals surface area contributed by atoms with Gasteiger partial charge in [0.25, 0.3) is 0 Å². The smallest absolute Gasteiger partial charge is 0.140 e. The van der Waals surface area contributed by atoms with Crippen LogP contribution >= 0.6 is 0 Å². The highest BCUT2D eigenvalue weighted by Crippen LogP contribution is 2.16. The number of nitrogens with zero attached hydrogens (tertiary/aromatic N) is 4. The van der Waals surface area contributed by atoms with Gasteiger partial charge in [-0.05, 0) is 12.8 Å². The van der Waals surface area contributed by atoms with Gasteiger partial charge in [0.2, 0.25) is 0 Å². The van der Waals surface area contributed by atoms with E-state index in [0.717, 1.165) is 25.5 Å². The van der Waals surface area contributed by atoms with Crippen LogP contribution in [-0.4, -0.2) is 44.8 Å². The summed E-state index contributed by atoms with van der Waals surface area (Å²) in [5.41, 5.74) is 0. The van der Waals surface area contributed by atoms with Gasteiger partial charge in [-0.15, -0.1) is 0 Å². The molecule has 1 saturated heterocycles. The van der Waals surface area contributed by atoms with Crippen LogP contribution in [0.4, 0.5) is 0 Å². The van der Waals surface area contributed by atoms with Crippen LogP contribution in [-0.2, 0) is 13.6 Å². The third kappa shape index (κ3) is 3.76. The summed E-state index contributed by atoms with van der Waals surface area (Å²) in [6.45, 7) is 7.68. The second kappa shape index (κ2) is 7.01. The third-order valence-electron chi connectivity index (χ3n) is 4.02. The second-order valence-electron chi connectivity index (χ2n) is 5.57. The Morgan fingerprint density at radius 3 is 2.74 bits per heavy atom. The van der Waals surface area contributed by atoms with Crippen LogP contribution in [0.15, 0.2) is 6.33 Å². The molecule has 1 aromatic rings. The lowest BCUT2D eigenvalue weighted by Gasteiger charge is -2.40. The maximum absolute atomic E-state index is 4.37. The molecular formula is C14H27N5. The van der Waals surface area contributed by atoms with E-state index >= 15 is 0 Å². The summed E-state index contributed by atoms with van der Waals surface area (Å²) >= 11 is 0. The highest BCUT2D eigenvalue weighted by Gasteiger charge is 2.27. The van der Waals surface area contributed by atoms with Crippen molar-refractivity contribution in [3.63, 3.8) is 0 Å². The number of piperazine rings is 1. The first-order valence-electron chi connectivity index (χ1n) is 7.54. The molecule has 0 aliphatic carbocycles. The molecule has 1 aliphatic heterocycles. The Morgan fingerprint density at radius 1 is 1.32 bits per heavy atom. The van der Waals surface area contributed by atoms with E-state index in [2.05, 4.69) is 34.1 Å². The van der Waals surface area contributed by atoms with E-state index in [1.807, 2.05) is 11.7 Å². The molecule has 0 bridgehead atoms. The van der Waals surface area contributed by atoms with Gasteiger partial charge in [-0.2, -0.15) is 5.10 Å². The van der Waals surface area contributed by atoms with Crippen molar-refractivity contribution in [1.82, 2.24) is 25.0 Å². The summed E-state index contributed by atoms with van der Waals surface area (Å²) in [6.07, 6.45) is 6.64. The summed E-state index contributed by atoms with van der Waals surface area (Å²) in [6, 6.07) is 1.26. The topological polar surface area (TPSA) is 46.0 Å². The first-order valence-corrected chi connectivity index (χ1v) is 7.54. The highest BCUT2D eigenvalue weighted by molar-refractivity contribution is 4.91. The van der Waals surface area contributed by atoms with E-state index < -0.39 is 0 Å². The van der Waals surface area contributed by atoms with Crippen LogP contribution in [0.5, 0.6) is 0 Å². The van der Waals surface area contributed by atoms with Gasteiger partial charge in [0.1, 0.15) is 12.2 Å². The van der Waals surface area contributed by atoms with Crippen molar-refractivity contribution >= 4 is 0 Å². The largest absolute Gasteiger partial charge is 0.311 e. The van der Waals surface area contributed by atoms with Gasteiger partial charge < -0.3 is 5.32 Å². The number of nitrogens with one attached hydrogen (secondary N) is 1. The standard InChI is InChI=1S/C14H27N5/c1-4-6-12-9-19(13(7-5-2)8-15-12)10-14-16-11-17-18(14)3/h11-13,15H,4-10H2,1-3H3. The molecule has 1 aromatic heterocycles. The van der Waals surface area contributed by atoms with Crippen LogP contribution in [0.3, 0.4) is 0 Å². The fourth-order valence-electron chi connectivity index (χ4n) is 2.93. The minimum atomic E-state index is 0.631. The zero-order valence-corrected chi connectivity index (χ0v) is 12.5. The fraction of sp³-hybridized carbons (Fsp3) is 0.857. The van der Waals surface area contributed by atoms with Gasteiger partial charge in [0.15, 0.2) is 0 Å². The molecule has 108 valence electrons. The zero-order valence-electron chi connectivity index (χ0n) is 12.5. The van der Waals surface area contributed by atoms with E-state index in [-0.39, 0.29) is 0 Å². The number of hydrogen-bond donors (Lipinski definition) is 1. The van der Waals surface area contributed by atoms with E-state index in [1.165, 1.54) is 25.7 Å². The number of aryl methyl sites for hydroxylation is 1. The number of rotatable bonds is 6. The molecule has 2 unspecified atom stereocenters. The Labute approximate surface area is 116 Å². The fourth-order valence-corrected chi connectivity index (χ4v) is 2.93. The minimum absolute atomic E-state index is 0.631. The summed E-state index contributed by atoms with van der Waals surface area (Å²) in [7, 11) is 1.98. The average molecular weight is 265 g/mol. The second-order valence-corrected chi connectivity index (χ2v) is 5.57.